The van der Waals surface area contributed by atoms with E-state index in [-0.39, 0.29) is 0 Å². The number of hydrogen-bond acceptors (Lipinski definition) is 7. The SMILES string of the molecule is c1cnc(SC2CCC(Nc3cc(C4CC4)nn4cnnc34)CC2)nc1. The van der Waals surface area contributed by atoms with Gasteiger partial charge in [0.15, 0.2) is 5.16 Å². The average Bonchev–Trinajstić information content (AvgIpc) is 3.42. The lowest BCUT2D eigenvalue weighted by atomic mass is 9.95. The molecule has 5 rings (SSSR count). The number of fused-ring (bicyclic) bond motifs is 1. The maximum Gasteiger partial charge on any atom is 0.200 e. The lowest BCUT2D eigenvalue weighted by Gasteiger charge is -2.29. The van der Waals surface area contributed by atoms with Gasteiger partial charge in [0.25, 0.3) is 0 Å². The number of rotatable bonds is 5. The van der Waals surface area contributed by atoms with Crippen molar-refractivity contribution in [2.75, 3.05) is 5.32 Å². The lowest BCUT2D eigenvalue weighted by Crippen LogP contribution is -2.27. The summed E-state index contributed by atoms with van der Waals surface area (Å²) in [4.78, 5) is 8.66. The van der Waals surface area contributed by atoms with Crippen molar-refractivity contribution in [3.05, 3.63) is 36.5 Å². The van der Waals surface area contributed by atoms with Crippen molar-refractivity contribution in [3.8, 4) is 0 Å². The van der Waals surface area contributed by atoms with Crippen LogP contribution in [0.5, 0.6) is 0 Å². The highest BCUT2D eigenvalue weighted by atomic mass is 32.2. The Hall–Kier alpha value is -2.22. The summed E-state index contributed by atoms with van der Waals surface area (Å²) in [6, 6.07) is 4.51. The molecule has 0 bridgehead atoms. The lowest BCUT2D eigenvalue weighted by molar-refractivity contribution is 0.472. The molecule has 1 N–H and O–H groups in total. The first-order chi connectivity index (χ1) is 12.8. The van der Waals surface area contributed by atoms with E-state index in [0.717, 1.165) is 35.0 Å². The zero-order valence-electron chi connectivity index (χ0n) is 14.5. The number of nitrogens with zero attached hydrogens (tertiary/aromatic N) is 6. The van der Waals surface area contributed by atoms with E-state index >= 15 is 0 Å². The van der Waals surface area contributed by atoms with E-state index in [2.05, 4.69) is 36.6 Å². The van der Waals surface area contributed by atoms with Gasteiger partial charge in [-0.1, -0.05) is 11.8 Å². The van der Waals surface area contributed by atoms with Gasteiger partial charge in [0, 0.05) is 29.6 Å². The van der Waals surface area contributed by atoms with Gasteiger partial charge in [-0.2, -0.15) is 9.61 Å². The molecule has 2 saturated carbocycles. The van der Waals surface area contributed by atoms with Crippen LogP contribution in [0, 0.1) is 0 Å². The smallest absolute Gasteiger partial charge is 0.200 e. The Morgan fingerprint density at radius 3 is 2.62 bits per heavy atom. The Morgan fingerprint density at radius 1 is 1.04 bits per heavy atom. The molecular formula is C18H21N7S. The summed E-state index contributed by atoms with van der Waals surface area (Å²) in [5.41, 5.74) is 3.05. The maximum atomic E-state index is 4.64. The molecule has 3 aromatic heterocycles. The molecule has 0 aromatic carbocycles. The minimum Gasteiger partial charge on any atom is -0.379 e. The first-order valence-corrected chi connectivity index (χ1v) is 10.1. The van der Waals surface area contributed by atoms with Gasteiger partial charge in [-0.25, -0.2) is 9.97 Å². The highest BCUT2D eigenvalue weighted by molar-refractivity contribution is 7.99. The molecule has 26 heavy (non-hydrogen) atoms. The second-order valence-corrected chi connectivity index (χ2v) is 8.39. The predicted molar refractivity (Wildman–Crippen MR) is 100 cm³/mol. The minimum atomic E-state index is 0.471. The highest BCUT2D eigenvalue weighted by Crippen LogP contribution is 2.40. The van der Waals surface area contributed by atoms with Crippen molar-refractivity contribution in [1.29, 1.82) is 0 Å². The highest BCUT2D eigenvalue weighted by Gasteiger charge is 2.28. The van der Waals surface area contributed by atoms with Crippen LogP contribution in [0.1, 0.15) is 50.1 Å². The third-order valence-electron chi connectivity index (χ3n) is 5.13. The predicted octanol–water partition coefficient (Wildman–Crippen LogP) is 3.31. The fraction of sp³-hybridized carbons (Fsp3) is 0.500. The van der Waals surface area contributed by atoms with Crippen LogP contribution in [0.4, 0.5) is 5.69 Å². The Balaban J connectivity index is 1.25. The first kappa shape index (κ1) is 16.0. The fourth-order valence-corrected chi connectivity index (χ4v) is 4.62. The standard InChI is InChI=1S/C18H21N7S/c1-8-19-18(20-9-1)26-14-6-4-13(5-7-14)22-16-10-15(12-2-3-12)24-25-11-21-23-17(16)25/h1,8-14,22H,2-7H2. The van der Waals surface area contributed by atoms with Crippen LogP contribution in [-0.4, -0.2) is 41.1 Å². The molecule has 7 nitrogen and oxygen atoms in total. The van der Waals surface area contributed by atoms with E-state index < -0.39 is 0 Å². The molecule has 0 amide bonds. The number of aromatic nitrogens is 6. The van der Waals surface area contributed by atoms with Crippen LogP contribution in [0.2, 0.25) is 0 Å². The summed E-state index contributed by atoms with van der Waals surface area (Å²) in [5.74, 6) is 0.611. The average molecular weight is 367 g/mol. The van der Waals surface area contributed by atoms with Gasteiger partial charge in [-0.3, -0.25) is 0 Å². The molecule has 2 fully saturated rings. The van der Waals surface area contributed by atoms with Crippen molar-refractivity contribution in [1.82, 2.24) is 29.8 Å². The summed E-state index contributed by atoms with van der Waals surface area (Å²) in [7, 11) is 0. The molecule has 0 radical (unpaired) electrons. The Morgan fingerprint density at radius 2 is 1.85 bits per heavy atom. The molecule has 0 spiro atoms. The van der Waals surface area contributed by atoms with Crippen LogP contribution in [0.15, 0.2) is 36.0 Å². The largest absolute Gasteiger partial charge is 0.379 e. The molecule has 3 aromatic rings. The number of hydrogen-bond donors (Lipinski definition) is 1. The van der Waals surface area contributed by atoms with Gasteiger partial charge in [0.05, 0.1) is 11.4 Å². The van der Waals surface area contributed by atoms with E-state index in [1.165, 1.54) is 25.7 Å². The third kappa shape index (κ3) is 3.38. The van der Waals surface area contributed by atoms with E-state index in [0.29, 0.717) is 17.2 Å². The van der Waals surface area contributed by atoms with Gasteiger partial charge in [-0.05, 0) is 50.7 Å². The van der Waals surface area contributed by atoms with Crippen molar-refractivity contribution < 1.29 is 0 Å². The maximum absolute atomic E-state index is 4.64. The van der Waals surface area contributed by atoms with Crippen molar-refractivity contribution in [2.24, 2.45) is 0 Å². The van der Waals surface area contributed by atoms with Gasteiger partial charge in [-0.15, -0.1) is 10.2 Å². The van der Waals surface area contributed by atoms with E-state index in [9.17, 15) is 0 Å². The van der Waals surface area contributed by atoms with Crippen molar-refractivity contribution >= 4 is 23.1 Å². The van der Waals surface area contributed by atoms with Gasteiger partial charge >= 0.3 is 0 Å². The normalized spacial score (nSPS) is 23.2. The van der Waals surface area contributed by atoms with Crippen LogP contribution in [0.25, 0.3) is 5.65 Å². The van der Waals surface area contributed by atoms with Crippen molar-refractivity contribution in [3.63, 3.8) is 0 Å². The second-order valence-electron chi connectivity index (χ2n) is 7.12. The van der Waals surface area contributed by atoms with Crippen LogP contribution in [-0.2, 0) is 0 Å². The molecule has 8 heteroatoms. The topological polar surface area (TPSA) is 80.9 Å². The molecule has 0 unspecified atom stereocenters. The summed E-state index contributed by atoms with van der Waals surface area (Å²) in [6.07, 6.45) is 12.4. The second kappa shape index (κ2) is 6.83. The molecule has 3 heterocycles. The molecular weight excluding hydrogens is 346 g/mol. The molecule has 134 valence electrons. The minimum absolute atomic E-state index is 0.471. The van der Waals surface area contributed by atoms with Crippen LogP contribution < -0.4 is 5.32 Å². The van der Waals surface area contributed by atoms with Gasteiger partial charge in [0.1, 0.15) is 6.33 Å². The molecule has 2 aliphatic rings. The van der Waals surface area contributed by atoms with Gasteiger partial charge < -0.3 is 5.32 Å². The fourth-order valence-electron chi connectivity index (χ4n) is 3.57. The zero-order valence-corrected chi connectivity index (χ0v) is 15.3. The molecule has 0 aliphatic heterocycles. The molecule has 2 aliphatic carbocycles. The van der Waals surface area contributed by atoms with Crippen LogP contribution >= 0.6 is 11.8 Å². The third-order valence-corrected chi connectivity index (χ3v) is 6.36. The Kier molecular flexibility index (Phi) is 4.20. The molecule has 0 saturated heterocycles. The van der Waals surface area contributed by atoms with Crippen LogP contribution in [0.3, 0.4) is 0 Å². The molecule has 0 atom stereocenters. The summed E-state index contributed by atoms with van der Waals surface area (Å²) >= 11 is 1.80. The Labute approximate surface area is 156 Å². The summed E-state index contributed by atoms with van der Waals surface area (Å²) in [6.45, 7) is 0. The van der Waals surface area contributed by atoms with E-state index in [1.807, 2.05) is 23.0 Å². The summed E-state index contributed by atoms with van der Waals surface area (Å²) < 4.78 is 1.81. The quantitative estimate of drug-likeness (QED) is 0.693. The number of thioether (sulfide) groups is 1. The van der Waals surface area contributed by atoms with E-state index in [1.54, 1.807) is 18.1 Å². The van der Waals surface area contributed by atoms with E-state index in [4.69, 9.17) is 0 Å². The first-order valence-electron chi connectivity index (χ1n) is 9.26. The Bertz CT molecular complexity index is 885. The number of anilines is 1. The number of nitrogens with one attached hydrogen (secondary N) is 1. The zero-order chi connectivity index (χ0) is 17.3. The van der Waals surface area contributed by atoms with Gasteiger partial charge in [0.2, 0.25) is 5.65 Å². The summed E-state index contributed by atoms with van der Waals surface area (Å²) in [5, 5.41) is 18.1. The monoisotopic (exact) mass is 367 g/mol. The van der Waals surface area contributed by atoms with Crippen molar-refractivity contribution in [2.45, 2.75) is 60.9 Å².